The minimum atomic E-state index is -0.842. The van der Waals surface area contributed by atoms with Crippen molar-refractivity contribution in [2.75, 3.05) is 13.2 Å². The Labute approximate surface area is 434 Å². The van der Waals surface area contributed by atoms with Crippen molar-refractivity contribution in [2.45, 2.75) is 207 Å². The summed E-state index contributed by atoms with van der Waals surface area (Å²) in [5, 5.41) is 0. The molecule has 0 fully saturated rings. The summed E-state index contributed by atoms with van der Waals surface area (Å²) in [6.07, 6.45) is 84.8. The molecule has 6 nitrogen and oxygen atoms in total. The Kier molecular flexibility index (Phi) is 53.1. The van der Waals surface area contributed by atoms with Gasteiger partial charge in [-0.1, -0.05) is 210 Å². The molecule has 0 aliphatic rings. The molecule has 0 aromatic heterocycles. The van der Waals surface area contributed by atoms with Gasteiger partial charge in [-0.2, -0.15) is 0 Å². The average molecular weight is 975 g/mol. The number of rotatable bonds is 47. The van der Waals surface area contributed by atoms with Gasteiger partial charge in [-0.05, 0) is 141 Å². The van der Waals surface area contributed by atoms with Gasteiger partial charge in [0.1, 0.15) is 13.2 Å². The van der Waals surface area contributed by atoms with Gasteiger partial charge in [-0.3, -0.25) is 14.4 Å². The van der Waals surface area contributed by atoms with Crippen LogP contribution in [0.5, 0.6) is 0 Å². The number of hydrogen-bond acceptors (Lipinski definition) is 6. The number of unbranched alkanes of at least 4 members (excludes halogenated alkanes) is 8. The molecule has 0 aliphatic heterocycles. The van der Waals surface area contributed by atoms with Crippen LogP contribution in [0.25, 0.3) is 0 Å². The van der Waals surface area contributed by atoms with Crippen LogP contribution >= 0.6 is 0 Å². The molecule has 0 bridgehead atoms. The molecule has 6 heteroatoms. The van der Waals surface area contributed by atoms with Crippen LogP contribution in [0, 0.1) is 0 Å². The largest absolute Gasteiger partial charge is 0.462 e. The molecule has 0 aliphatic carbocycles. The Balaban J connectivity index is 4.63. The molecule has 1 atom stereocenters. The predicted molar refractivity (Wildman–Crippen MR) is 306 cm³/mol. The molecule has 0 spiro atoms. The van der Waals surface area contributed by atoms with E-state index in [0.717, 1.165) is 154 Å². The van der Waals surface area contributed by atoms with E-state index in [1.807, 2.05) is 0 Å². The van der Waals surface area contributed by atoms with Gasteiger partial charge in [-0.25, -0.2) is 0 Å². The van der Waals surface area contributed by atoms with Crippen molar-refractivity contribution in [1.82, 2.24) is 0 Å². The first-order chi connectivity index (χ1) is 35.0. The van der Waals surface area contributed by atoms with Gasteiger partial charge in [0.25, 0.3) is 0 Å². The maximum atomic E-state index is 12.8. The number of carbonyl (C=O) groups excluding carboxylic acids is 3. The summed E-state index contributed by atoms with van der Waals surface area (Å²) in [7, 11) is 0. The normalized spacial score (nSPS) is 13.5. The van der Waals surface area contributed by atoms with Crippen LogP contribution in [0.1, 0.15) is 201 Å². The summed E-state index contributed by atoms with van der Waals surface area (Å²) in [5.74, 6) is -1.06. The molecule has 0 aromatic carbocycles. The first-order valence-electron chi connectivity index (χ1n) is 27.6. The van der Waals surface area contributed by atoms with E-state index < -0.39 is 12.1 Å². The van der Waals surface area contributed by atoms with Crippen LogP contribution in [0.3, 0.4) is 0 Å². The van der Waals surface area contributed by atoms with E-state index in [2.05, 4.69) is 191 Å². The summed E-state index contributed by atoms with van der Waals surface area (Å²) in [6.45, 7) is 6.17. The molecule has 0 N–H and O–H groups in total. The third-order valence-electron chi connectivity index (χ3n) is 10.7. The molecule has 0 rings (SSSR count). The Morgan fingerprint density at radius 3 is 0.831 bits per heavy atom. The Bertz CT molecular complexity index is 1690. The molecular weight excluding hydrogens is 877 g/mol. The zero-order chi connectivity index (χ0) is 51.4. The topological polar surface area (TPSA) is 78.9 Å². The lowest BCUT2D eigenvalue weighted by Crippen LogP contribution is -2.30. The second kappa shape index (κ2) is 57.3. The molecule has 0 saturated carbocycles. The standard InChI is InChI=1S/C65H98O6/c1-4-7-10-13-16-19-22-25-28-31-32-35-37-40-43-46-49-52-55-58-64(67)70-61-62(71-65(68)59-56-53-50-47-44-41-38-34-30-27-24-21-18-15-12-9-6-3)60-69-63(66)57-54-51-48-45-42-39-36-33-29-26-23-20-17-14-11-8-5-2/h7-12,16-21,25-30,32,35-36,38-41,43,47,50,62H,4-6,13-15,22-24,31,33-34,37,42,44-46,48-49,51-61H2,1-3H3/b10-7-,11-8-,12-9-,19-16-,20-17-,21-18-,28-25-,29-26-,30-27-,35-32-,39-36-,41-38-,43-40-,50-47-/t62-/m0/s1. The summed E-state index contributed by atoms with van der Waals surface area (Å²) in [4.78, 5) is 38.1. The SMILES string of the molecule is CC/C=C\C/C=C\C/C=C\C/C=C\C/C=C\CCCCCC(=O)OC[C@H](COC(=O)CCCCCC/C=C\C/C=C\C/C=C\C/C=C\CC)OC(=O)CCC/C=C\C/C=C\C/C=C\C/C=C\C/C=C\CC. The second-order valence-corrected chi connectivity index (χ2v) is 17.3. The molecule has 0 unspecified atom stereocenters. The van der Waals surface area contributed by atoms with Gasteiger partial charge in [0.2, 0.25) is 0 Å². The molecule has 0 heterocycles. The monoisotopic (exact) mass is 975 g/mol. The fourth-order valence-electron chi connectivity index (χ4n) is 6.67. The van der Waals surface area contributed by atoms with E-state index in [1.54, 1.807) is 0 Å². The Morgan fingerprint density at radius 2 is 0.521 bits per heavy atom. The number of hydrogen-bond donors (Lipinski definition) is 0. The summed E-state index contributed by atoms with van der Waals surface area (Å²) in [5.41, 5.74) is 0. The quantitative estimate of drug-likeness (QED) is 0.0262. The predicted octanol–water partition coefficient (Wildman–Crippen LogP) is 18.8. The minimum Gasteiger partial charge on any atom is -0.462 e. The summed E-state index contributed by atoms with van der Waals surface area (Å²) in [6, 6.07) is 0. The molecule has 0 saturated heterocycles. The second-order valence-electron chi connectivity index (χ2n) is 17.3. The maximum Gasteiger partial charge on any atom is 0.306 e. The van der Waals surface area contributed by atoms with Gasteiger partial charge in [0.05, 0.1) is 0 Å². The van der Waals surface area contributed by atoms with Crippen LogP contribution < -0.4 is 0 Å². The summed E-state index contributed by atoms with van der Waals surface area (Å²) >= 11 is 0. The van der Waals surface area contributed by atoms with Crippen molar-refractivity contribution in [2.24, 2.45) is 0 Å². The number of carbonyl (C=O) groups is 3. The van der Waals surface area contributed by atoms with Gasteiger partial charge in [-0.15, -0.1) is 0 Å². The van der Waals surface area contributed by atoms with Gasteiger partial charge < -0.3 is 14.2 Å². The average Bonchev–Trinajstić information content (AvgIpc) is 3.37. The fourth-order valence-corrected chi connectivity index (χ4v) is 6.67. The molecular formula is C65H98O6. The van der Waals surface area contributed by atoms with Gasteiger partial charge >= 0.3 is 17.9 Å². The van der Waals surface area contributed by atoms with E-state index in [0.29, 0.717) is 19.3 Å². The third-order valence-corrected chi connectivity index (χ3v) is 10.7. The van der Waals surface area contributed by atoms with Crippen molar-refractivity contribution in [1.29, 1.82) is 0 Å². The van der Waals surface area contributed by atoms with Gasteiger partial charge in [0.15, 0.2) is 6.10 Å². The number of allylic oxidation sites excluding steroid dienone is 28. The molecule has 394 valence electrons. The fraction of sp³-hybridized carbons (Fsp3) is 0.523. The van der Waals surface area contributed by atoms with E-state index in [1.165, 1.54) is 0 Å². The highest BCUT2D eigenvalue weighted by atomic mass is 16.6. The zero-order valence-electron chi connectivity index (χ0n) is 44.9. The minimum absolute atomic E-state index is 0.133. The first kappa shape index (κ1) is 65.8. The first-order valence-corrected chi connectivity index (χ1v) is 27.6. The molecule has 0 aromatic rings. The highest BCUT2D eigenvalue weighted by Crippen LogP contribution is 2.11. The van der Waals surface area contributed by atoms with E-state index in [4.69, 9.17) is 14.2 Å². The number of esters is 3. The lowest BCUT2D eigenvalue weighted by Gasteiger charge is -2.18. The Morgan fingerprint density at radius 1 is 0.282 bits per heavy atom. The summed E-state index contributed by atoms with van der Waals surface area (Å²) < 4.78 is 16.7. The van der Waals surface area contributed by atoms with E-state index >= 15 is 0 Å². The van der Waals surface area contributed by atoms with Crippen molar-refractivity contribution < 1.29 is 28.6 Å². The molecule has 0 amide bonds. The zero-order valence-corrected chi connectivity index (χ0v) is 44.9. The lowest BCUT2D eigenvalue weighted by atomic mass is 10.1. The van der Waals surface area contributed by atoms with Crippen molar-refractivity contribution in [3.05, 3.63) is 170 Å². The highest BCUT2D eigenvalue weighted by molar-refractivity contribution is 5.71. The van der Waals surface area contributed by atoms with Crippen LogP contribution in [0.15, 0.2) is 170 Å². The highest BCUT2D eigenvalue weighted by Gasteiger charge is 2.19. The smallest absolute Gasteiger partial charge is 0.306 e. The number of ether oxygens (including phenoxy) is 3. The van der Waals surface area contributed by atoms with Crippen LogP contribution in [0.4, 0.5) is 0 Å². The van der Waals surface area contributed by atoms with Crippen molar-refractivity contribution in [3.63, 3.8) is 0 Å². The maximum absolute atomic E-state index is 12.8. The molecule has 0 radical (unpaired) electrons. The van der Waals surface area contributed by atoms with Crippen LogP contribution in [-0.4, -0.2) is 37.2 Å². The van der Waals surface area contributed by atoms with Crippen LogP contribution in [-0.2, 0) is 28.6 Å². The van der Waals surface area contributed by atoms with Gasteiger partial charge in [0, 0.05) is 19.3 Å². The van der Waals surface area contributed by atoms with Crippen molar-refractivity contribution in [3.8, 4) is 0 Å². The Hall–Kier alpha value is -5.23. The van der Waals surface area contributed by atoms with Crippen molar-refractivity contribution >= 4 is 17.9 Å². The van der Waals surface area contributed by atoms with E-state index in [-0.39, 0.29) is 31.6 Å². The van der Waals surface area contributed by atoms with Crippen LogP contribution in [0.2, 0.25) is 0 Å². The van der Waals surface area contributed by atoms with E-state index in [9.17, 15) is 14.4 Å². The third kappa shape index (κ3) is 55.6. The molecule has 71 heavy (non-hydrogen) atoms. The lowest BCUT2D eigenvalue weighted by molar-refractivity contribution is -0.167.